The zero-order valence-corrected chi connectivity index (χ0v) is 12.0. The topological polar surface area (TPSA) is 24.9 Å². The van der Waals surface area contributed by atoms with Gasteiger partial charge in [0.1, 0.15) is 5.01 Å². The first-order valence-corrected chi connectivity index (χ1v) is 8.65. The summed E-state index contributed by atoms with van der Waals surface area (Å²) in [6.07, 6.45) is 5.15. The van der Waals surface area contributed by atoms with E-state index in [4.69, 9.17) is 4.98 Å². The predicted octanol–water partition coefficient (Wildman–Crippen LogP) is 3.04. The van der Waals surface area contributed by atoms with Gasteiger partial charge in [-0.25, -0.2) is 4.98 Å². The first-order valence-electron chi connectivity index (χ1n) is 6.68. The highest BCUT2D eigenvalue weighted by Gasteiger charge is 2.30. The standard InChI is InChI=1S/C13H20N2S2/c1-2-14-12(9-6-7-16-8-9)13-15-10-4-3-5-11(10)17-13/h9,12,14H,2-8H2,1H3. The number of hydrogen-bond acceptors (Lipinski definition) is 4. The molecule has 0 aromatic carbocycles. The zero-order valence-electron chi connectivity index (χ0n) is 10.4. The van der Waals surface area contributed by atoms with Crippen LogP contribution in [0, 0.1) is 5.92 Å². The number of rotatable bonds is 4. The third-order valence-corrected chi connectivity index (χ3v) is 6.17. The van der Waals surface area contributed by atoms with E-state index >= 15 is 0 Å². The fourth-order valence-corrected chi connectivity index (χ4v) is 5.46. The van der Waals surface area contributed by atoms with Gasteiger partial charge in [0.25, 0.3) is 0 Å². The van der Waals surface area contributed by atoms with Crippen LogP contribution in [-0.4, -0.2) is 23.0 Å². The largest absolute Gasteiger partial charge is 0.308 e. The summed E-state index contributed by atoms with van der Waals surface area (Å²) in [5, 5.41) is 5.03. The smallest absolute Gasteiger partial charge is 0.110 e. The molecule has 1 aliphatic heterocycles. The Balaban J connectivity index is 1.81. The first kappa shape index (κ1) is 12.0. The Morgan fingerprint density at radius 3 is 3.12 bits per heavy atom. The summed E-state index contributed by atoms with van der Waals surface area (Å²) < 4.78 is 0. The minimum atomic E-state index is 0.519. The number of fused-ring (bicyclic) bond motifs is 1. The van der Waals surface area contributed by atoms with Gasteiger partial charge in [-0.3, -0.25) is 0 Å². The Labute approximate surface area is 112 Å². The molecule has 1 saturated heterocycles. The summed E-state index contributed by atoms with van der Waals surface area (Å²) in [7, 11) is 0. The lowest BCUT2D eigenvalue weighted by Crippen LogP contribution is -2.28. The molecule has 2 unspecified atom stereocenters. The monoisotopic (exact) mass is 268 g/mol. The molecule has 2 heterocycles. The second-order valence-corrected chi connectivity index (χ2v) is 7.20. The fraction of sp³-hybridized carbons (Fsp3) is 0.769. The highest BCUT2D eigenvalue weighted by molar-refractivity contribution is 7.99. The highest BCUT2D eigenvalue weighted by Crippen LogP contribution is 2.38. The molecule has 94 valence electrons. The van der Waals surface area contributed by atoms with Crippen molar-refractivity contribution < 1.29 is 0 Å². The number of nitrogens with zero attached hydrogens (tertiary/aromatic N) is 1. The number of hydrogen-bond donors (Lipinski definition) is 1. The lowest BCUT2D eigenvalue weighted by molar-refractivity contribution is 0.399. The molecule has 0 bridgehead atoms. The van der Waals surface area contributed by atoms with Gasteiger partial charge in [-0.1, -0.05) is 6.92 Å². The molecule has 17 heavy (non-hydrogen) atoms. The summed E-state index contributed by atoms with van der Waals surface area (Å²) in [5.74, 6) is 3.44. The van der Waals surface area contributed by atoms with Gasteiger partial charge in [-0.15, -0.1) is 11.3 Å². The van der Waals surface area contributed by atoms with E-state index in [9.17, 15) is 0 Å². The third kappa shape index (κ3) is 2.40. The van der Waals surface area contributed by atoms with Crippen LogP contribution in [0.2, 0.25) is 0 Å². The van der Waals surface area contributed by atoms with Crippen molar-refractivity contribution in [1.82, 2.24) is 10.3 Å². The van der Waals surface area contributed by atoms with Gasteiger partial charge in [0, 0.05) is 4.88 Å². The summed E-state index contributed by atoms with van der Waals surface area (Å²) in [6.45, 7) is 3.26. The minimum Gasteiger partial charge on any atom is -0.308 e. The van der Waals surface area contributed by atoms with Crippen LogP contribution in [0.4, 0.5) is 0 Å². The van der Waals surface area contributed by atoms with E-state index in [0.29, 0.717) is 6.04 Å². The zero-order chi connectivity index (χ0) is 11.7. The van der Waals surface area contributed by atoms with E-state index in [-0.39, 0.29) is 0 Å². The summed E-state index contributed by atoms with van der Waals surface area (Å²) in [4.78, 5) is 6.46. The van der Waals surface area contributed by atoms with Crippen LogP contribution in [-0.2, 0) is 12.8 Å². The summed E-state index contributed by atoms with van der Waals surface area (Å²) in [6, 6.07) is 0.519. The second kappa shape index (κ2) is 5.29. The molecule has 1 aromatic rings. The average Bonchev–Trinajstić information content (AvgIpc) is 3.01. The molecule has 3 rings (SSSR count). The van der Waals surface area contributed by atoms with Crippen molar-refractivity contribution in [3.63, 3.8) is 0 Å². The molecule has 4 heteroatoms. The van der Waals surface area contributed by atoms with Crippen LogP contribution >= 0.6 is 23.1 Å². The van der Waals surface area contributed by atoms with Gasteiger partial charge >= 0.3 is 0 Å². The van der Waals surface area contributed by atoms with Gasteiger partial charge in [-0.2, -0.15) is 11.8 Å². The Morgan fingerprint density at radius 1 is 1.47 bits per heavy atom. The van der Waals surface area contributed by atoms with Crippen molar-refractivity contribution in [2.24, 2.45) is 5.92 Å². The molecule has 1 fully saturated rings. The molecule has 2 aliphatic rings. The van der Waals surface area contributed by atoms with E-state index in [1.54, 1.807) is 4.88 Å². The van der Waals surface area contributed by atoms with E-state index in [1.807, 2.05) is 11.3 Å². The van der Waals surface area contributed by atoms with Crippen LogP contribution < -0.4 is 5.32 Å². The lowest BCUT2D eigenvalue weighted by Gasteiger charge is -2.21. The predicted molar refractivity (Wildman–Crippen MR) is 76.0 cm³/mol. The van der Waals surface area contributed by atoms with Crippen LogP contribution in [0.25, 0.3) is 0 Å². The number of aryl methyl sites for hydroxylation is 2. The molecule has 1 N–H and O–H groups in total. The average molecular weight is 268 g/mol. The van der Waals surface area contributed by atoms with Gasteiger partial charge in [0.05, 0.1) is 11.7 Å². The van der Waals surface area contributed by atoms with E-state index in [0.717, 1.165) is 12.5 Å². The normalized spacial score (nSPS) is 25.1. The van der Waals surface area contributed by atoms with Gasteiger partial charge < -0.3 is 5.32 Å². The number of thioether (sulfide) groups is 1. The number of nitrogens with one attached hydrogen (secondary N) is 1. The Kier molecular flexibility index (Phi) is 3.73. The van der Waals surface area contributed by atoms with Crippen LogP contribution in [0.1, 0.15) is 41.4 Å². The van der Waals surface area contributed by atoms with Crippen molar-refractivity contribution in [3.05, 3.63) is 15.6 Å². The van der Waals surface area contributed by atoms with Crippen LogP contribution in [0.5, 0.6) is 0 Å². The van der Waals surface area contributed by atoms with Gasteiger partial charge in [-0.05, 0) is 49.7 Å². The van der Waals surface area contributed by atoms with Gasteiger partial charge in [0.15, 0.2) is 0 Å². The second-order valence-electron chi connectivity index (χ2n) is 4.93. The molecule has 1 aromatic heterocycles. The van der Waals surface area contributed by atoms with Crippen LogP contribution in [0.3, 0.4) is 0 Å². The molecule has 2 nitrogen and oxygen atoms in total. The summed E-state index contributed by atoms with van der Waals surface area (Å²) >= 11 is 4.07. The van der Waals surface area contributed by atoms with Gasteiger partial charge in [0.2, 0.25) is 0 Å². The molecular formula is C13H20N2S2. The number of thiazole rings is 1. The number of aromatic nitrogens is 1. The Hall–Kier alpha value is -0.0600. The van der Waals surface area contributed by atoms with E-state index < -0.39 is 0 Å². The minimum absolute atomic E-state index is 0.519. The third-order valence-electron chi connectivity index (χ3n) is 3.74. The van der Waals surface area contributed by atoms with E-state index in [1.165, 1.54) is 47.9 Å². The molecule has 0 spiro atoms. The fourth-order valence-electron chi connectivity index (χ4n) is 2.83. The van der Waals surface area contributed by atoms with E-state index in [2.05, 4.69) is 24.0 Å². The van der Waals surface area contributed by atoms with Crippen molar-refractivity contribution in [2.75, 3.05) is 18.1 Å². The molecule has 0 saturated carbocycles. The van der Waals surface area contributed by atoms with Crippen molar-refractivity contribution >= 4 is 23.1 Å². The highest BCUT2D eigenvalue weighted by atomic mass is 32.2. The summed E-state index contributed by atoms with van der Waals surface area (Å²) in [5.41, 5.74) is 1.40. The molecule has 1 aliphatic carbocycles. The quantitative estimate of drug-likeness (QED) is 0.908. The Bertz CT molecular complexity index is 361. The molecule has 2 atom stereocenters. The maximum atomic E-state index is 4.90. The molecule has 0 radical (unpaired) electrons. The molecular weight excluding hydrogens is 248 g/mol. The van der Waals surface area contributed by atoms with Crippen LogP contribution in [0.15, 0.2) is 0 Å². The van der Waals surface area contributed by atoms with Crippen molar-refractivity contribution in [3.8, 4) is 0 Å². The van der Waals surface area contributed by atoms with Crippen molar-refractivity contribution in [2.45, 2.75) is 38.6 Å². The lowest BCUT2D eigenvalue weighted by atomic mass is 10.00. The van der Waals surface area contributed by atoms with Crippen molar-refractivity contribution in [1.29, 1.82) is 0 Å². The molecule has 0 amide bonds. The maximum absolute atomic E-state index is 4.90. The first-order chi connectivity index (χ1) is 8.38. The SMILES string of the molecule is CCNC(c1nc2c(s1)CCC2)C1CCSC1. The Morgan fingerprint density at radius 2 is 2.41 bits per heavy atom. The maximum Gasteiger partial charge on any atom is 0.110 e.